The molecular weight excluding hydrogens is 464 g/mol. The summed E-state index contributed by atoms with van der Waals surface area (Å²) in [5, 5.41) is 9.82. The highest BCUT2D eigenvalue weighted by Gasteiger charge is 2.38. The van der Waals surface area contributed by atoms with Crippen LogP contribution >= 0.6 is 0 Å². The molecule has 2 aliphatic rings. The van der Waals surface area contributed by atoms with Crippen LogP contribution in [0.15, 0.2) is 23.1 Å². The average Bonchev–Trinajstić information content (AvgIpc) is 2.81. The van der Waals surface area contributed by atoms with Gasteiger partial charge in [0.25, 0.3) is 0 Å². The van der Waals surface area contributed by atoms with Crippen LogP contribution in [0.2, 0.25) is 0 Å². The molecule has 2 heterocycles. The fourth-order valence-electron chi connectivity index (χ4n) is 4.63. The van der Waals surface area contributed by atoms with E-state index in [1.165, 1.54) is 4.31 Å². The van der Waals surface area contributed by atoms with Crippen LogP contribution < -0.4 is 4.74 Å². The molecule has 0 amide bonds. The number of rotatable bonds is 7. The summed E-state index contributed by atoms with van der Waals surface area (Å²) in [7, 11) is -1.74. The van der Waals surface area contributed by atoms with Gasteiger partial charge in [0.05, 0.1) is 6.61 Å². The van der Waals surface area contributed by atoms with Gasteiger partial charge in [-0.25, -0.2) is 8.42 Å². The van der Waals surface area contributed by atoms with Crippen LogP contribution in [0.25, 0.3) is 0 Å². The zero-order valence-electron chi connectivity index (χ0n) is 21.9. The van der Waals surface area contributed by atoms with E-state index in [1.807, 2.05) is 6.92 Å². The van der Waals surface area contributed by atoms with Crippen molar-refractivity contribution in [2.75, 3.05) is 46.5 Å². The van der Waals surface area contributed by atoms with Crippen molar-refractivity contribution < 1.29 is 23.0 Å². The van der Waals surface area contributed by atoms with Crippen molar-refractivity contribution in [2.24, 2.45) is 17.8 Å². The summed E-state index contributed by atoms with van der Waals surface area (Å²) in [4.78, 5) is 2.43. The van der Waals surface area contributed by atoms with Gasteiger partial charge in [0.1, 0.15) is 16.7 Å². The molecule has 0 radical (unpaired) electrons. The third kappa shape index (κ3) is 7.43. The predicted octanol–water partition coefficient (Wildman–Crippen LogP) is 3.21. The average molecular weight is 507 g/mol. The molecule has 0 saturated carbocycles. The SMILES string of the molecule is CC(C)CC#Cc1ccc2c(c1)O[C@@H](CN(C)CC1CCOCC1)[C@H](C)CN([C@@H](C)CO)S2(=O)=O. The molecule has 3 atom stereocenters. The third-order valence-electron chi connectivity index (χ3n) is 6.81. The molecule has 196 valence electrons. The quantitative estimate of drug-likeness (QED) is 0.572. The zero-order valence-corrected chi connectivity index (χ0v) is 22.7. The largest absolute Gasteiger partial charge is 0.487 e. The number of nitrogens with zero attached hydrogens (tertiary/aromatic N) is 2. The first-order valence-corrected chi connectivity index (χ1v) is 14.2. The molecule has 0 aromatic heterocycles. The van der Waals surface area contributed by atoms with E-state index in [0.717, 1.165) is 44.6 Å². The zero-order chi connectivity index (χ0) is 25.6. The second-order valence-electron chi connectivity index (χ2n) is 10.6. The molecule has 1 fully saturated rings. The van der Waals surface area contributed by atoms with Crippen LogP contribution in [0.4, 0.5) is 0 Å². The standard InChI is InChI=1S/C27H42N2O5S/c1-20(2)7-6-8-23-9-10-27-25(15-23)34-26(18-28(5)17-24-11-13-33-14-12-24)21(3)16-29(22(4)19-30)35(27,31)32/h9-10,15,20-22,24,26,30H,7,11-14,16-19H2,1-5H3/t21-,22+,26+/m1/s1. The van der Waals surface area contributed by atoms with Crippen molar-refractivity contribution in [1.82, 2.24) is 9.21 Å². The van der Waals surface area contributed by atoms with Gasteiger partial charge in [-0.05, 0) is 56.8 Å². The van der Waals surface area contributed by atoms with Crippen molar-refractivity contribution >= 4 is 10.0 Å². The highest BCUT2D eigenvalue weighted by Crippen LogP contribution is 2.34. The summed E-state index contributed by atoms with van der Waals surface area (Å²) in [6, 6.07) is 4.57. The van der Waals surface area contributed by atoms with E-state index < -0.39 is 16.1 Å². The Kier molecular flexibility index (Phi) is 10.0. The van der Waals surface area contributed by atoms with Gasteiger partial charge < -0.3 is 19.5 Å². The Hall–Kier alpha value is -1.63. The van der Waals surface area contributed by atoms with Crippen molar-refractivity contribution in [3.05, 3.63) is 23.8 Å². The van der Waals surface area contributed by atoms with Gasteiger partial charge in [0, 0.05) is 56.8 Å². The van der Waals surface area contributed by atoms with Crippen molar-refractivity contribution in [3.63, 3.8) is 0 Å². The Balaban J connectivity index is 1.92. The summed E-state index contributed by atoms with van der Waals surface area (Å²) in [5.41, 5.74) is 0.740. The van der Waals surface area contributed by atoms with Crippen LogP contribution in [-0.2, 0) is 14.8 Å². The molecule has 3 rings (SSSR count). The summed E-state index contributed by atoms with van der Waals surface area (Å²) >= 11 is 0. The van der Waals surface area contributed by atoms with Gasteiger partial charge in [-0.1, -0.05) is 32.6 Å². The normalized spacial score (nSPS) is 24.1. The molecule has 0 spiro atoms. The second-order valence-corrected chi connectivity index (χ2v) is 12.4. The van der Waals surface area contributed by atoms with E-state index in [-0.39, 0.29) is 30.1 Å². The van der Waals surface area contributed by atoms with Gasteiger partial charge in [-0.15, -0.1) is 0 Å². The fourth-order valence-corrected chi connectivity index (χ4v) is 6.46. The lowest BCUT2D eigenvalue weighted by molar-refractivity contribution is 0.0402. The monoisotopic (exact) mass is 506 g/mol. The minimum absolute atomic E-state index is 0.0697. The Morgan fingerprint density at radius 1 is 1.20 bits per heavy atom. The minimum atomic E-state index is -3.84. The number of sulfonamides is 1. The number of benzene rings is 1. The van der Waals surface area contributed by atoms with Gasteiger partial charge in [-0.3, -0.25) is 0 Å². The van der Waals surface area contributed by atoms with Gasteiger partial charge in [0.2, 0.25) is 10.0 Å². The van der Waals surface area contributed by atoms with Gasteiger partial charge in [0.15, 0.2) is 0 Å². The lowest BCUT2D eigenvalue weighted by Gasteiger charge is -2.38. The van der Waals surface area contributed by atoms with Crippen LogP contribution in [0.3, 0.4) is 0 Å². The Morgan fingerprint density at radius 3 is 2.57 bits per heavy atom. The first kappa shape index (κ1) is 27.9. The number of ether oxygens (including phenoxy) is 2. The molecule has 1 saturated heterocycles. The molecule has 0 unspecified atom stereocenters. The molecule has 0 aliphatic carbocycles. The molecular formula is C27H42N2O5S. The van der Waals surface area contributed by atoms with Crippen molar-refractivity contribution in [3.8, 4) is 17.6 Å². The smallest absolute Gasteiger partial charge is 0.247 e. The molecule has 35 heavy (non-hydrogen) atoms. The number of likely N-dealkylation sites (N-methyl/N-ethyl adjacent to an activating group) is 1. The van der Waals surface area contributed by atoms with Gasteiger partial charge >= 0.3 is 0 Å². The van der Waals surface area contributed by atoms with Crippen LogP contribution in [0, 0.1) is 29.6 Å². The number of aliphatic hydroxyl groups is 1. The van der Waals surface area contributed by atoms with Crippen LogP contribution in [0.5, 0.6) is 5.75 Å². The van der Waals surface area contributed by atoms with Crippen LogP contribution in [0.1, 0.15) is 52.5 Å². The molecule has 7 nitrogen and oxygen atoms in total. The first-order valence-electron chi connectivity index (χ1n) is 12.8. The van der Waals surface area contributed by atoms with E-state index in [2.05, 4.69) is 37.6 Å². The number of hydrogen-bond donors (Lipinski definition) is 1. The third-order valence-corrected chi connectivity index (χ3v) is 8.83. The Bertz CT molecular complexity index is 995. The van der Waals surface area contributed by atoms with Gasteiger partial charge in [-0.2, -0.15) is 4.31 Å². The summed E-state index contributed by atoms with van der Waals surface area (Å²) in [5.74, 6) is 7.66. The second kappa shape index (κ2) is 12.6. The fraction of sp³-hybridized carbons (Fsp3) is 0.704. The lowest BCUT2D eigenvalue weighted by Crippen LogP contribution is -2.50. The maximum Gasteiger partial charge on any atom is 0.247 e. The topological polar surface area (TPSA) is 79.3 Å². The lowest BCUT2D eigenvalue weighted by atomic mass is 9.98. The highest BCUT2D eigenvalue weighted by molar-refractivity contribution is 7.89. The summed E-state index contributed by atoms with van der Waals surface area (Å²) in [6.07, 6.45) is 2.69. The van der Waals surface area contributed by atoms with E-state index in [9.17, 15) is 13.5 Å². The van der Waals surface area contributed by atoms with E-state index in [1.54, 1.807) is 25.1 Å². The molecule has 1 N–H and O–H groups in total. The minimum Gasteiger partial charge on any atom is -0.487 e. The first-order chi connectivity index (χ1) is 16.6. The van der Waals surface area contributed by atoms with E-state index in [4.69, 9.17) is 9.47 Å². The predicted molar refractivity (Wildman–Crippen MR) is 138 cm³/mol. The molecule has 1 aromatic rings. The highest BCUT2D eigenvalue weighted by atomic mass is 32.2. The number of hydrogen-bond acceptors (Lipinski definition) is 6. The summed E-state index contributed by atoms with van der Waals surface area (Å²) < 4.78 is 40.6. The van der Waals surface area contributed by atoms with E-state index in [0.29, 0.717) is 24.1 Å². The van der Waals surface area contributed by atoms with Crippen molar-refractivity contribution in [2.45, 2.75) is 64.0 Å². The van der Waals surface area contributed by atoms with Crippen molar-refractivity contribution in [1.29, 1.82) is 0 Å². The number of aliphatic hydroxyl groups excluding tert-OH is 1. The summed E-state index contributed by atoms with van der Waals surface area (Å²) in [6.45, 7) is 11.3. The van der Waals surface area contributed by atoms with E-state index >= 15 is 0 Å². The molecule has 0 bridgehead atoms. The maximum atomic E-state index is 13.6. The number of fused-ring (bicyclic) bond motifs is 1. The molecule has 2 aliphatic heterocycles. The Labute approximate surface area is 211 Å². The molecule has 1 aromatic carbocycles. The molecule has 8 heteroatoms. The Morgan fingerprint density at radius 2 is 1.91 bits per heavy atom. The van der Waals surface area contributed by atoms with Crippen LogP contribution in [-0.4, -0.2) is 81.4 Å². The maximum absolute atomic E-state index is 13.6.